The largest absolute Gasteiger partial charge is 0.300 e. The van der Waals surface area contributed by atoms with Crippen molar-refractivity contribution in [2.45, 2.75) is 46.1 Å². The van der Waals surface area contributed by atoms with E-state index >= 15 is 0 Å². The fourth-order valence-electron chi connectivity index (χ4n) is 1.45. The van der Waals surface area contributed by atoms with Crippen molar-refractivity contribution in [1.29, 1.82) is 0 Å². The predicted molar refractivity (Wildman–Crippen MR) is 70.6 cm³/mol. The summed E-state index contributed by atoms with van der Waals surface area (Å²) in [6.45, 7) is 8.53. The Kier molecular flexibility index (Phi) is 4.53. The van der Waals surface area contributed by atoms with E-state index in [1.165, 1.54) is 5.56 Å². The Bertz CT molecular complexity index is 343. The molecule has 1 aromatic carbocycles. The Morgan fingerprint density at radius 1 is 1.25 bits per heavy atom. The van der Waals surface area contributed by atoms with Crippen molar-refractivity contribution in [3.63, 3.8) is 0 Å². The normalized spacial score (nSPS) is 15.6. The smallest absolute Gasteiger partial charge is 0.0766 e. The highest BCUT2D eigenvalue weighted by molar-refractivity contribution is 5.81. The van der Waals surface area contributed by atoms with Gasteiger partial charge in [-0.25, -0.2) is 0 Å². The van der Waals surface area contributed by atoms with Gasteiger partial charge in [0.25, 0.3) is 0 Å². The minimum Gasteiger partial charge on any atom is -0.300 e. The molecule has 2 nitrogen and oxygen atoms in total. The van der Waals surface area contributed by atoms with Gasteiger partial charge in [-0.05, 0) is 32.3 Å². The van der Waals surface area contributed by atoms with Crippen LogP contribution in [0.3, 0.4) is 0 Å². The average Bonchev–Trinajstić information content (AvgIpc) is 2.36. The van der Waals surface area contributed by atoms with Crippen LogP contribution in [-0.4, -0.2) is 5.71 Å². The molecule has 0 aromatic heterocycles. The summed E-state index contributed by atoms with van der Waals surface area (Å²) in [5.74, 6) is 0. The van der Waals surface area contributed by atoms with Gasteiger partial charge in [-0.3, -0.25) is 5.43 Å². The van der Waals surface area contributed by atoms with Crippen LogP contribution in [0.2, 0.25) is 0 Å². The zero-order chi connectivity index (χ0) is 12.0. The number of benzene rings is 1. The summed E-state index contributed by atoms with van der Waals surface area (Å²) < 4.78 is 0. The highest BCUT2D eigenvalue weighted by Gasteiger charge is 2.23. The van der Waals surface area contributed by atoms with E-state index in [1.807, 2.05) is 13.0 Å². The number of nitrogens with one attached hydrogen (secondary N) is 1. The van der Waals surface area contributed by atoms with Gasteiger partial charge < -0.3 is 0 Å². The van der Waals surface area contributed by atoms with Crippen molar-refractivity contribution in [3.8, 4) is 0 Å². The van der Waals surface area contributed by atoms with E-state index in [2.05, 4.69) is 55.6 Å². The molecule has 0 spiro atoms. The molecule has 2 heteroatoms. The van der Waals surface area contributed by atoms with Crippen LogP contribution in [0.15, 0.2) is 35.4 Å². The van der Waals surface area contributed by atoms with Gasteiger partial charge in [0.05, 0.1) is 5.54 Å². The molecule has 88 valence electrons. The molecule has 0 saturated heterocycles. The lowest BCUT2D eigenvalue weighted by molar-refractivity contribution is 0.363. The predicted octanol–water partition coefficient (Wildman–Crippen LogP) is 3.69. The third kappa shape index (κ3) is 3.09. The summed E-state index contributed by atoms with van der Waals surface area (Å²) >= 11 is 0. The van der Waals surface area contributed by atoms with Gasteiger partial charge in [-0.1, -0.05) is 44.2 Å². The van der Waals surface area contributed by atoms with Crippen LogP contribution in [0.5, 0.6) is 0 Å². The quantitative estimate of drug-likeness (QED) is 0.591. The number of hydrazone groups is 1. The van der Waals surface area contributed by atoms with Gasteiger partial charge in [-0.2, -0.15) is 5.10 Å². The summed E-state index contributed by atoms with van der Waals surface area (Å²) in [6.07, 6.45) is 2.00. The van der Waals surface area contributed by atoms with Crippen LogP contribution in [0.25, 0.3) is 0 Å². The van der Waals surface area contributed by atoms with E-state index in [0.29, 0.717) is 0 Å². The van der Waals surface area contributed by atoms with Crippen molar-refractivity contribution in [2.24, 2.45) is 5.10 Å². The van der Waals surface area contributed by atoms with Gasteiger partial charge in [-0.15, -0.1) is 0 Å². The first-order valence-electron chi connectivity index (χ1n) is 5.98. The SMILES string of the molecule is CC/C(C)=N/NC(C)(CC)c1ccccc1. The maximum absolute atomic E-state index is 4.43. The van der Waals surface area contributed by atoms with Gasteiger partial charge >= 0.3 is 0 Å². The molecule has 0 aliphatic rings. The van der Waals surface area contributed by atoms with E-state index in [-0.39, 0.29) is 5.54 Å². The van der Waals surface area contributed by atoms with Gasteiger partial charge in [0.15, 0.2) is 0 Å². The molecule has 0 saturated carbocycles. The maximum Gasteiger partial charge on any atom is 0.0766 e. The first-order chi connectivity index (χ1) is 7.62. The molecule has 1 N–H and O–H groups in total. The topological polar surface area (TPSA) is 24.4 Å². The highest BCUT2D eigenvalue weighted by Crippen LogP contribution is 2.23. The first-order valence-corrected chi connectivity index (χ1v) is 5.98. The average molecular weight is 218 g/mol. The number of nitrogens with zero attached hydrogens (tertiary/aromatic N) is 1. The molecule has 0 aliphatic heterocycles. The molecular weight excluding hydrogens is 196 g/mol. The van der Waals surface area contributed by atoms with Crippen LogP contribution >= 0.6 is 0 Å². The summed E-state index contributed by atoms with van der Waals surface area (Å²) in [4.78, 5) is 0. The fraction of sp³-hybridized carbons (Fsp3) is 0.500. The molecule has 1 atom stereocenters. The van der Waals surface area contributed by atoms with Gasteiger partial charge in [0.1, 0.15) is 0 Å². The summed E-state index contributed by atoms with van der Waals surface area (Å²) in [6, 6.07) is 10.5. The Morgan fingerprint density at radius 3 is 2.38 bits per heavy atom. The van der Waals surface area contributed by atoms with E-state index in [1.54, 1.807) is 0 Å². The van der Waals surface area contributed by atoms with Crippen molar-refractivity contribution in [3.05, 3.63) is 35.9 Å². The third-order valence-corrected chi connectivity index (χ3v) is 3.12. The molecule has 0 heterocycles. The molecule has 16 heavy (non-hydrogen) atoms. The van der Waals surface area contributed by atoms with Crippen LogP contribution in [0, 0.1) is 0 Å². The highest BCUT2D eigenvalue weighted by atomic mass is 15.3. The second kappa shape index (κ2) is 5.69. The number of rotatable bonds is 5. The Morgan fingerprint density at radius 2 is 1.88 bits per heavy atom. The molecular formula is C14H22N2. The molecule has 0 fully saturated rings. The van der Waals surface area contributed by atoms with Gasteiger partial charge in [0.2, 0.25) is 0 Å². The number of hydrogen-bond acceptors (Lipinski definition) is 2. The second-order valence-corrected chi connectivity index (χ2v) is 4.36. The molecule has 1 unspecified atom stereocenters. The Balaban J connectivity index is 2.86. The Hall–Kier alpha value is -1.31. The number of hydrogen-bond donors (Lipinski definition) is 1. The lowest BCUT2D eigenvalue weighted by atomic mass is 9.90. The monoisotopic (exact) mass is 218 g/mol. The molecule has 0 amide bonds. The van der Waals surface area contributed by atoms with Crippen LogP contribution in [0.1, 0.15) is 46.1 Å². The summed E-state index contributed by atoms with van der Waals surface area (Å²) in [5.41, 5.74) is 5.65. The van der Waals surface area contributed by atoms with Crippen molar-refractivity contribution < 1.29 is 0 Å². The van der Waals surface area contributed by atoms with Crippen LogP contribution < -0.4 is 5.43 Å². The van der Waals surface area contributed by atoms with E-state index in [4.69, 9.17) is 0 Å². The second-order valence-electron chi connectivity index (χ2n) is 4.36. The zero-order valence-electron chi connectivity index (χ0n) is 10.7. The standard InChI is InChI=1S/C14H22N2/c1-5-12(3)15-16-14(4,6-2)13-10-8-7-9-11-13/h7-11,16H,5-6H2,1-4H3/b15-12+. The zero-order valence-corrected chi connectivity index (χ0v) is 10.7. The lowest BCUT2D eigenvalue weighted by Gasteiger charge is -2.28. The van der Waals surface area contributed by atoms with Crippen molar-refractivity contribution in [2.75, 3.05) is 0 Å². The molecule has 0 radical (unpaired) electrons. The minimum absolute atomic E-state index is 0.0717. The molecule has 0 aliphatic carbocycles. The molecule has 1 aromatic rings. The van der Waals surface area contributed by atoms with Crippen LogP contribution in [0.4, 0.5) is 0 Å². The first kappa shape index (κ1) is 12.8. The van der Waals surface area contributed by atoms with Crippen LogP contribution in [-0.2, 0) is 5.54 Å². The third-order valence-electron chi connectivity index (χ3n) is 3.12. The maximum atomic E-state index is 4.43. The minimum atomic E-state index is -0.0717. The van der Waals surface area contributed by atoms with Crippen molar-refractivity contribution >= 4 is 5.71 Å². The Labute approximate surface area is 98.8 Å². The molecule has 0 bridgehead atoms. The van der Waals surface area contributed by atoms with Gasteiger partial charge in [0, 0.05) is 5.71 Å². The van der Waals surface area contributed by atoms with E-state index < -0.39 is 0 Å². The molecule has 1 rings (SSSR count). The van der Waals surface area contributed by atoms with Crippen molar-refractivity contribution in [1.82, 2.24) is 5.43 Å². The van der Waals surface area contributed by atoms with E-state index in [9.17, 15) is 0 Å². The van der Waals surface area contributed by atoms with E-state index in [0.717, 1.165) is 18.6 Å². The summed E-state index contributed by atoms with van der Waals surface area (Å²) in [7, 11) is 0. The fourth-order valence-corrected chi connectivity index (χ4v) is 1.45. The lowest BCUT2D eigenvalue weighted by Crippen LogP contribution is -2.35. The summed E-state index contributed by atoms with van der Waals surface area (Å²) in [5, 5.41) is 4.43.